The number of rotatable bonds is 7. The molecule has 0 aromatic carbocycles. The number of fused-ring (bicyclic) bond motifs is 1. The lowest BCUT2D eigenvalue weighted by Crippen LogP contribution is -2.28. The Morgan fingerprint density at radius 2 is 2.13 bits per heavy atom. The number of anilines is 2. The van der Waals surface area contributed by atoms with Gasteiger partial charge in [0.2, 0.25) is 5.95 Å². The molecule has 1 atom stereocenters. The predicted molar refractivity (Wildman–Crippen MR) is 91.8 cm³/mol. The molecule has 0 unspecified atom stereocenters. The molecule has 2 aromatic rings. The molecule has 0 saturated heterocycles. The number of nitrogens with one attached hydrogen (secondary N) is 2. The quantitative estimate of drug-likeness (QED) is 0.727. The molecule has 3 N–H and O–H groups in total. The van der Waals surface area contributed by atoms with E-state index in [1.165, 1.54) is 19.3 Å². The number of imidazole rings is 1. The van der Waals surface area contributed by atoms with E-state index in [1.807, 2.05) is 17.8 Å². The molecule has 1 aliphatic rings. The molecule has 2 heterocycles. The fourth-order valence-corrected chi connectivity index (χ4v) is 2.66. The third-order valence-electron chi connectivity index (χ3n) is 4.47. The molecule has 0 aliphatic heterocycles. The van der Waals surface area contributed by atoms with Crippen molar-refractivity contribution in [3.05, 3.63) is 6.33 Å². The summed E-state index contributed by atoms with van der Waals surface area (Å²) in [6.45, 7) is 6.31. The Hall–Kier alpha value is -1.89. The largest absolute Gasteiger partial charge is 0.394 e. The van der Waals surface area contributed by atoms with E-state index in [2.05, 4.69) is 39.4 Å². The van der Waals surface area contributed by atoms with Crippen molar-refractivity contribution < 1.29 is 5.11 Å². The molecule has 0 amide bonds. The zero-order chi connectivity index (χ0) is 16.4. The van der Waals surface area contributed by atoms with Crippen molar-refractivity contribution >= 4 is 22.9 Å². The maximum Gasteiger partial charge on any atom is 0.227 e. The summed E-state index contributed by atoms with van der Waals surface area (Å²) in [5.41, 5.74) is 1.64. The van der Waals surface area contributed by atoms with Gasteiger partial charge in [0.05, 0.1) is 19.0 Å². The van der Waals surface area contributed by atoms with Crippen LogP contribution in [0.1, 0.15) is 52.5 Å². The van der Waals surface area contributed by atoms with Gasteiger partial charge in [-0.25, -0.2) is 4.98 Å². The van der Waals surface area contributed by atoms with Gasteiger partial charge in [-0.2, -0.15) is 9.97 Å². The molecule has 7 heteroatoms. The molecule has 0 spiro atoms. The van der Waals surface area contributed by atoms with Crippen molar-refractivity contribution in [1.82, 2.24) is 19.5 Å². The summed E-state index contributed by atoms with van der Waals surface area (Å²) in [5, 5.41) is 16.1. The van der Waals surface area contributed by atoms with Crippen LogP contribution in [-0.4, -0.2) is 43.3 Å². The van der Waals surface area contributed by atoms with Crippen molar-refractivity contribution in [2.24, 2.45) is 0 Å². The summed E-state index contributed by atoms with van der Waals surface area (Å²) in [5.74, 6) is 1.33. The molecule has 1 fully saturated rings. The van der Waals surface area contributed by atoms with Crippen LogP contribution in [0.15, 0.2) is 6.33 Å². The predicted octanol–water partition coefficient (Wildman–Crippen LogP) is 2.55. The van der Waals surface area contributed by atoms with Crippen molar-refractivity contribution in [1.29, 1.82) is 0 Å². The molecule has 3 rings (SSSR count). The van der Waals surface area contributed by atoms with Crippen molar-refractivity contribution in [2.75, 3.05) is 17.2 Å². The maximum atomic E-state index is 9.41. The smallest absolute Gasteiger partial charge is 0.227 e. The van der Waals surface area contributed by atoms with Crippen LogP contribution in [0.5, 0.6) is 0 Å². The van der Waals surface area contributed by atoms with Crippen LogP contribution in [-0.2, 0) is 0 Å². The molecule has 1 saturated carbocycles. The number of hydrogen-bond donors (Lipinski definition) is 3. The topological polar surface area (TPSA) is 87.9 Å². The van der Waals surface area contributed by atoms with E-state index in [0.29, 0.717) is 12.0 Å². The highest BCUT2D eigenvalue weighted by molar-refractivity contribution is 5.84. The summed E-state index contributed by atoms with van der Waals surface area (Å²) < 4.78 is 2.05. The van der Waals surface area contributed by atoms with Gasteiger partial charge in [0, 0.05) is 12.1 Å². The molecule has 126 valence electrons. The van der Waals surface area contributed by atoms with Crippen molar-refractivity contribution in [3.8, 4) is 0 Å². The molecular weight excluding hydrogens is 292 g/mol. The molecule has 23 heavy (non-hydrogen) atoms. The highest BCUT2D eigenvalue weighted by Gasteiger charge is 2.22. The first-order valence-corrected chi connectivity index (χ1v) is 8.50. The van der Waals surface area contributed by atoms with E-state index < -0.39 is 0 Å². The lowest BCUT2D eigenvalue weighted by Gasteiger charge is -2.27. The maximum absolute atomic E-state index is 9.41. The van der Waals surface area contributed by atoms with Gasteiger partial charge in [-0.15, -0.1) is 0 Å². The first-order valence-electron chi connectivity index (χ1n) is 8.50. The monoisotopic (exact) mass is 318 g/mol. The van der Waals surface area contributed by atoms with E-state index in [9.17, 15) is 5.11 Å². The number of nitrogens with zero attached hydrogens (tertiary/aromatic N) is 4. The Morgan fingerprint density at radius 3 is 2.70 bits per heavy atom. The van der Waals surface area contributed by atoms with E-state index in [4.69, 9.17) is 0 Å². The van der Waals surface area contributed by atoms with E-state index in [0.717, 1.165) is 23.4 Å². The first kappa shape index (κ1) is 16.0. The third kappa shape index (κ3) is 3.24. The zero-order valence-corrected chi connectivity index (χ0v) is 14.1. The Morgan fingerprint density at radius 1 is 1.35 bits per heavy atom. The van der Waals surface area contributed by atoms with Crippen molar-refractivity contribution in [3.63, 3.8) is 0 Å². The van der Waals surface area contributed by atoms with E-state index >= 15 is 0 Å². The molecule has 0 radical (unpaired) electrons. The number of hydrogen-bond acceptors (Lipinski definition) is 6. The second-order valence-electron chi connectivity index (χ2n) is 6.52. The van der Waals surface area contributed by atoms with Gasteiger partial charge in [0.25, 0.3) is 0 Å². The lowest BCUT2D eigenvalue weighted by molar-refractivity contribution is 0.271. The van der Waals surface area contributed by atoms with Gasteiger partial charge < -0.3 is 20.3 Å². The Bertz CT molecular complexity index is 660. The minimum atomic E-state index is -0.0422. The van der Waals surface area contributed by atoms with E-state index in [1.54, 1.807) is 0 Å². The average Bonchev–Trinajstić information content (AvgIpc) is 2.92. The van der Waals surface area contributed by atoms with Gasteiger partial charge in [-0.1, -0.05) is 6.92 Å². The number of aliphatic hydroxyl groups excluding tert-OH is 1. The van der Waals surface area contributed by atoms with E-state index in [-0.39, 0.29) is 18.7 Å². The molecule has 2 aromatic heterocycles. The standard InChI is InChI=1S/C16H26N6O/c1-4-11(8-23)19-16-20-14(18-12-6-5-7-12)13-15(21-16)22(9-17-13)10(2)3/h9-12,23H,4-8H2,1-3H3,(H2,18,19,20,21)/t11-/m0/s1. The number of aromatic nitrogens is 4. The zero-order valence-electron chi connectivity index (χ0n) is 14.1. The van der Waals surface area contributed by atoms with Gasteiger partial charge in [0.1, 0.15) is 0 Å². The summed E-state index contributed by atoms with van der Waals surface area (Å²) in [6.07, 6.45) is 6.25. The fourth-order valence-electron chi connectivity index (χ4n) is 2.66. The van der Waals surface area contributed by atoms with Gasteiger partial charge in [-0.3, -0.25) is 0 Å². The lowest BCUT2D eigenvalue weighted by atomic mass is 9.93. The summed E-state index contributed by atoms with van der Waals surface area (Å²) in [7, 11) is 0. The first-order chi connectivity index (χ1) is 11.1. The number of aliphatic hydroxyl groups is 1. The van der Waals surface area contributed by atoms with Crippen molar-refractivity contribution in [2.45, 2.75) is 64.6 Å². The third-order valence-corrected chi connectivity index (χ3v) is 4.47. The average molecular weight is 318 g/mol. The summed E-state index contributed by atoms with van der Waals surface area (Å²) in [4.78, 5) is 13.8. The summed E-state index contributed by atoms with van der Waals surface area (Å²) in [6, 6.07) is 0.712. The highest BCUT2D eigenvalue weighted by Crippen LogP contribution is 2.28. The molecule has 1 aliphatic carbocycles. The highest BCUT2D eigenvalue weighted by atomic mass is 16.3. The van der Waals surface area contributed by atoms with Crippen LogP contribution in [0.4, 0.5) is 11.8 Å². The Balaban J connectivity index is 1.99. The Labute approximate surface area is 136 Å². The van der Waals surface area contributed by atoms with Gasteiger partial charge in [-0.05, 0) is 39.5 Å². The minimum Gasteiger partial charge on any atom is -0.394 e. The Kier molecular flexibility index (Phi) is 4.66. The summed E-state index contributed by atoms with van der Waals surface area (Å²) >= 11 is 0. The van der Waals surface area contributed by atoms with Gasteiger partial charge >= 0.3 is 0 Å². The molecule has 0 bridgehead atoms. The van der Waals surface area contributed by atoms with Gasteiger partial charge in [0.15, 0.2) is 17.0 Å². The molecular formula is C16H26N6O. The van der Waals surface area contributed by atoms with Crippen LogP contribution in [0.2, 0.25) is 0 Å². The van der Waals surface area contributed by atoms with Crippen LogP contribution in [0.3, 0.4) is 0 Å². The molecule has 7 nitrogen and oxygen atoms in total. The normalized spacial score (nSPS) is 16.6. The van der Waals surface area contributed by atoms with Crippen LogP contribution in [0, 0.1) is 0 Å². The fraction of sp³-hybridized carbons (Fsp3) is 0.688. The van der Waals surface area contributed by atoms with Crippen LogP contribution in [0.25, 0.3) is 11.2 Å². The second kappa shape index (κ2) is 6.70. The van der Waals surface area contributed by atoms with Crippen LogP contribution >= 0.6 is 0 Å². The van der Waals surface area contributed by atoms with Crippen LogP contribution < -0.4 is 10.6 Å². The SMILES string of the molecule is CC[C@@H](CO)Nc1nc(NC2CCC2)c2ncn(C(C)C)c2n1. The minimum absolute atomic E-state index is 0.0422. The second-order valence-corrected chi connectivity index (χ2v) is 6.52.